The Morgan fingerprint density at radius 3 is 2.49 bits per heavy atom. The molecule has 0 saturated carbocycles. The topological polar surface area (TPSA) is 169 Å². The number of carboxylic acids is 1. The number of thioether (sulfide) groups is 1. The van der Waals surface area contributed by atoms with Crippen LogP contribution in [0.3, 0.4) is 0 Å². The highest BCUT2D eigenvalue weighted by Gasteiger charge is 2.27. The highest BCUT2D eigenvalue weighted by Crippen LogP contribution is 2.25. The fraction of sp³-hybridized carbons (Fsp3) is 0.333. The number of aromatic nitrogens is 3. The summed E-state index contributed by atoms with van der Waals surface area (Å²) >= 11 is 1.13. The summed E-state index contributed by atoms with van der Waals surface area (Å²) < 4.78 is 38.5. The molecule has 0 aliphatic carbocycles. The number of nitrogens with zero attached hydrogens (tertiary/aromatic N) is 3. The lowest BCUT2D eigenvalue weighted by Crippen LogP contribution is -2.44. The molecular weight excluding hydrogens is 541 g/mol. The molecule has 208 valence electrons. The van der Waals surface area contributed by atoms with E-state index in [9.17, 15) is 32.3 Å². The van der Waals surface area contributed by atoms with E-state index in [4.69, 9.17) is 10.8 Å². The first-order valence-corrected chi connectivity index (χ1v) is 12.5. The van der Waals surface area contributed by atoms with E-state index in [1.807, 2.05) is 0 Å². The van der Waals surface area contributed by atoms with Crippen molar-refractivity contribution in [3.05, 3.63) is 63.9 Å². The van der Waals surface area contributed by atoms with Gasteiger partial charge in [0.05, 0.1) is 23.9 Å². The number of amides is 2. The second kappa shape index (κ2) is 12.7. The number of halogens is 3. The number of hydrogen-bond donors (Lipinski definition) is 4. The van der Waals surface area contributed by atoms with Crippen LogP contribution in [0, 0.1) is 0 Å². The number of carbonyl (C=O) groups excluding carboxylic acids is 2. The second-order valence-electron chi connectivity index (χ2n) is 8.56. The lowest BCUT2D eigenvalue weighted by molar-refractivity contribution is -0.138. The number of benzene rings is 2. The van der Waals surface area contributed by atoms with Crippen LogP contribution in [0.1, 0.15) is 24.1 Å². The fourth-order valence-corrected chi connectivity index (χ4v) is 4.48. The molecule has 0 bridgehead atoms. The molecule has 0 fully saturated rings. The Bertz CT molecular complexity index is 1410. The first-order chi connectivity index (χ1) is 18.3. The van der Waals surface area contributed by atoms with E-state index in [2.05, 4.69) is 20.9 Å². The first kappa shape index (κ1) is 29.6. The van der Waals surface area contributed by atoms with E-state index in [1.54, 1.807) is 19.1 Å². The first-order valence-electron chi connectivity index (χ1n) is 11.5. The van der Waals surface area contributed by atoms with E-state index in [1.165, 1.54) is 30.3 Å². The Morgan fingerprint density at radius 2 is 1.85 bits per heavy atom. The molecule has 0 saturated heterocycles. The maximum Gasteiger partial charge on any atom is 0.393 e. The van der Waals surface area contributed by atoms with Gasteiger partial charge in [-0.05, 0) is 30.2 Å². The third-order valence-electron chi connectivity index (χ3n) is 5.44. The van der Waals surface area contributed by atoms with E-state index >= 15 is 0 Å². The third-order valence-corrected chi connectivity index (χ3v) is 6.61. The van der Waals surface area contributed by atoms with Gasteiger partial charge in [-0.3, -0.25) is 19.2 Å². The van der Waals surface area contributed by atoms with Crippen LogP contribution >= 0.6 is 11.8 Å². The summed E-state index contributed by atoms with van der Waals surface area (Å²) in [7, 11) is 0. The minimum absolute atomic E-state index is 0.0762. The Kier molecular flexibility index (Phi) is 9.64. The van der Waals surface area contributed by atoms with Gasteiger partial charge < -0.3 is 21.5 Å². The number of nitrogens with one attached hydrogen (secondary N) is 2. The van der Waals surface area contributed by atoms with Crippen LogP contribution in [0.15, 0.2) is 52.2 Å². The van der Waals surface area contributed by atoms with Crippen LogP contribution in [0.25, 0.3) is 10.9 Å². The molecule has 0 aliphatic heterocycles. The largest absolute Gasteiger partial charge is 0.480 e. The molecular formula is C24H25F3N6O5S. The van der Waals surface area contributed by atoms with E-state index in [0.717, 1.165) is 16.4 Å². The van der Waals surface area contributed by atoms with Gasteiger partial charge >= 0.3 is 12.1 Å². The molecule has 0 aliphatic rings. The second-order valence-corrected chi connectivity index (χ2v) is 9.62. The van der Waals surface area contributed by atoms with Crippen molar-refractivity contribution in [3.8, 4) is 0 Å². The Hall–Kier alpha value is -3.98. The van der Waals surface area contributed by atoms with Crippen molar-refractivity contribution in [3.63, 3.8) is 0 Å². The number of aliphatic carboxylic acids is 1. The number of carboxylic acid groups (broad SMARTS) is 1. The summed E-state index contributed by atoms with van der Waals surface area (Å²) in [6.07, 6.45) is -5.37. The van der Waals surface area contributed by atoms with Gasteiger partial charge in [0.15, 0.2) is 0 Å². The SMILES string of the molecule is C[C@H](NC(=O)Cn1nnc2c(SC[C@H](N)C(=O)NCC(=O)O)cccc2c1=O)c1ccc(CC(F)(F)F)cc1. The summed E-state index contributed by atoms with van der Waals surface area (Å²) in [6, 6.07) is 8.89. The zero-order chi connectivity index (χ0) is 28.7. The Morgan fingerprint density at radius 1 is 1.15 bits per heavy atom. The van der Waals surface area contributed by atoms with E-state index in [-0.39, 0.29) is 22.2 Å². The van der Waals surface area contributed by atoms with Gasteiger partial charge in [0.2, 0.25) is 11.8 Å². The van der Waals surface area contributed by atoms with Crippen LogP contribution in [0.5, 0.6) is 0 Å². The summed E-state index contributed by atoms with van der Waals surface area (Å²) in [4.78, 5) is 48.5. The smallest absolute Gasteiger partial charge is 0.393 e. The molecule has 5 N–H and O–H groups in total. The Labute approximate surface area is 223 Å². The summed E-state index contributed by atoms with van der Waals surface area (Å²) in [5.74, 6) is -2.32. The van der Waals surface area contributed by atoms with Crippen LogP contribution in [-0.2, 0) is 27.3 Å². The molecule has 0 spiro atoms. The van der Waals surface area contributed by atoms with Crippen molar-refractivity contribution < 1.29 is 32.7 Å². The van der Waals surface area contributed by atoms with Gasteiger partial charge in [0.1, 0.15) is 18.6 Å². The molecule has 0 unspecified atom stereocenters. The molecule has 3 rings (SSSR count). The highest BCUT2D eigenvalue weighted by atomic mass is 32.2. The molecule has 15 heteroatoms. The molecule has 2 amide bonds. The van der Waals surface area contributed by atoms with Crippen molar-refractivity contribution in [2.45, 2.75) is 43.0 Å². The molecule has 39 heavy (non-hydrogen) atoms. The van der Waals surface area contributed by atoms with Crippen molar-refractivity contribution in [2.75, 3.05) is 12.3 Å². The van der Waals surface area contributed by atoms with Gasteiger partial charge in [0, 0.05) is 10.6 Å². The van der Waals surface area contributed by atoms with Crippen molar-refractivity contribution in [1.29, 1.82) is 0 Å². The highest BCUT2D eigenvalue weighted by molar-refractivity contribution is 7.99. The molecule has 1 heterocycles. The number of rotatable bonds is 11. The maximum absolute atomic E-state index is 13.0. The minimum Gasteiger partial charge on any atom is -0.480 e. The van der Waals surface area contributed by atoms with Gasteiger partial charge in [-0.2, -0.15) is 13.2 Å². The van der Waals surface area contributed by atoms with E-state index in [0.29, 0.717) is 10.5 Å². The molecule has 2 atom stereocenters. The average Bonchev–Trinajstić information content (AvgIpc) is 2.86. The molecule has 3 aromatic rings. The normalized spacial score (nSPS) is 13.1. The van der Waals surface area contributed by atoms with Crippen LogP contribution in [0.4, 0.5) is 13.2 Å². The average molecular weight is 567 g/mol. The predicted octanol–water partition coefficient (Wildman–Crippen LogP) is 1.39. The summed E-state index contributed by atoms with van der Waals surface area (Å²) in [6.45, 7) is 0.656. The quantitative estimate of drug-likeness (QED) is 0.251. The maximum atomic E-state index is 13.0. The Balaban J connectivity index is 1.65. The van der Waals surface area contributed by atoms with Crippen LogP contribution in [0.2, 0.25) is 0 Å². The lowest BCUT2D eigenvalue weighted by atomic mass is 10.0. The fourth-order valence-electron chi connectivity index (χ4n) is 3.51. The number of alkyl halides is 3. The van der Waals surface area contributed by atoms with Gasteiger partial charge in [-0.15, -0.1) is 16.9 Å². The molecule has 0 radical (unpaired) electrons. The summed E-state index contributed by atoms with van der Waals surface area (Å²) in [5.41, 5.74) is 6.15. The molecule has 11 nitrogen and oxygen atoms in total. The van der Waals surface area contributed by atoms with E-state index < -0.39 is 61.1 Å². The van der Waals surface area contributed by atoms with Gasteiger partial charge in [-0.25, -0.2) is 4.68 Å². The molecule has 2 aromatic carbocycles. The van der Waals surface area contributed by atoms with Crippen molar-refractivity contribution in [1.82, 2.24) is 25.6 Å². The van der Waals surface area contributed by atoms with Crippen molar-refractivity contribution >= 4 is 40.4 Å². The van der Waals surface area contributed by atoms with Gasteiger partial charge in [-0.1, -0.05) is 35.5 Å². The lowest BCUT2D eigenvalue weighted by Gasteiger charge is -2.15. The molecule has 1 aromatic heterocycles. The predicted molar refractivity (Wildman–Crippen MR) is 136 cm³/mol. The third kappa shape index (κ3) is 8.51. The monoisotopic (exact) mass is 566 g/mol. The van der Waals surface area contributed by atoms with Gasteiger partial charge in [0.25, 0.3) is 5.56 Å². The standard InChI is InChI=1S/C24H25F3N6O5S/c1-13(15-7-5-14(6-8-15)9-24(25,26)27)30-19(34)11-33-23(38)16-3-2-4-18(21(16)31-32-33)39-12-17(28)22(37)29-10-20(35)36/h2-8,13,17H,9-12,28H2,1H3,(H,29,37)(H,30,34)(H,35,36)/t13-,17-/m0/s1. The van der Waals surface area contributed by atoms with Crippen LogP contribution < -0.4 is 21.9 Å². The zero-order valence-electron chi connectivity index (χ0n) is 20.6. The number of fused-ring (bicyclic) bond motifs is 1. The minimum atomic E-state index is -4.32. The van der Waals surface area contributed by atoms with Crippen LogP contribution in [-0.4, -0.2) is 62.4 Å². The number of nitrogens with two attached hydrogens (primary N) is 1. The van der Waals surface area contributed by atoms with Crippen molar-refractivity contribution in [2.24, 2.45) is 5.73 Å². The number of carbonyl (C=O) groups is 3. The number of hydrogen-bond acceptors (Lipinski definition) is 8. The zero-order valence-corrected chi connectivity index (χ0v) is 21.4. The summed E-state index contributed by atoms with van der Waals surface area (Å²) in [5, 5.41) is 21.6.